The summed E-state index contributed by atoms with van der Waals surface area (Å²) < 4.78 is 1.21. The first-order chi connectivity index (χ1) is 15.7. The number of benzene rings is 3. The average molecular weight is 547 g/mol. The van der Waals surface area contributed by atoms with E-state index in [-0.39, 0.29) is 18.0 Å². The summed E-state index contributed by atoms with van der Waals surface area (Å²) in [5.74, 6) is 0.139. The van der Waals surface area contributed by atoms with Crippen molar-refractivity contribution in [3.63, 3.8) is 0 Å². The van der Waals surface area contributed by atoms with E-state index in [0.717, 1.165) is 17.5 Å². The van der Waals surface area contributed by atoms with Gasteiger partial charge in [0.05, 0.1) is 29.2 Å². The summed E-state index contributed by atoms with van der Waals surface area (Å²) in [5, 5.41) is 23.2. The van der Waals surface area contributed by atoms with E-state index < -0.39 is 5.41 Å². The summed E-state index contributed by atoms with van der Waals surface area (Å²) in [4.78, 5) is 0. The maximum absolute atomic E-state index is 9.97. The highest BCUT2D eigenvalue weighted by atomic mass is 127. The number of halogens is 1. The Morgan fingerprint density at radius 1 is 0.939 bits per heavy atom. The Morgan fingerprint density at radius 2 is 1.61 bits per heavy atom. The molecule has 0 radical (unpaired) electrons. The smallest absolute Gasteiger partial charge is 0.0991 e. The van der Waals surface area contributed by atoms with Crippen molar-refractivity contribution in [3.05, 3.63) is 104 Å². The molecule has 168 valence electrons. The fourth-order valence-electron chi connectivity index (χ4n) is 4.31. The standard InChI is InChI=1S/C29H30IN3/c1-20-7-5-10-25(15-20)28(29(3,4)19-32)33-21(2)27(17-22-11-13-26(30)14-12-22)24-9-6-8-23(16-24)18-31/h5-16,21,27-28,33H,17H2,1-4H3/t21-,27+,28?/m0/s1. The van der Waals surface area contributed by atoms with Gasteiger partial charge in [-0.3, -0.25) is 0 Å². The van der Waals surface area contributed by atoms with E-state index in [4.69, 9.17) is 0 Å². The quantitative estimate of drug-likeness (QED) is 0.307. The number of nitriles is 2. The lowest BCUT2D eigenvalue weighted by atomic mass is 9.79. The van der Waals surface area contributed by atoms with Crippen LogP contribution in [0.1, 0.15) is 60.5 Å². The molecule has 0 spiro atoms. The second kappa shape index (κ2) is 11.0. The number of aryl methyl sites for hydroxylation is 1. The molecular formula is C29H30IN3. The molecule has 0 aliphatic heterocycles. The summed E-state index contributed by atoms with van der Waals surface area (Å²) in [6, 6.07) is 29.6. The zero-order valence-corrected chi connectivity index (χ0v) is 21.8. The zero-order valence-electron chi connectivity index (χ0n) is 19.6. The van der Waals surface area contributed by atoms with Gasteiger partial charge >= 0.3 is 0 Å². The molecule has 3 aromatic carbocycles. The summed E-state index contributed by atoms with van der Waals surface area (Å²) >= 11 is 2.32. The van der Waals surface area contributed by atoms with Crippen LogP contribution in [0.3, 0.4) is 0 Å². The SMILES string of the molecule is Cc1cccc(C(N[C@@H](C)[C@@H](Cc2ccc(I)cc2)c2cccc(C#N)c2)C(C)(C)C#N)c1. The second-order valence-electron chi connectivity index (χ2n) is 9.31. The molecule has 3 atom stereocenters. The Kier molecular flexibility index (Phi) is 8.30. The lowest BCUT2D eigenvalue weighted by Gasteiger charge is -2.36. The third-order valence-corrected chi connectivity index (χ3v) is 6.95. The Bertz CT molecular complexity index is 1170. The van der Waals surface area contributed by atoms with E-state index in [2.05, 4.69) is 108 Å². The van der Waals surface area contributed by atoms with Gasteiger partial charge in [-0.1, -0.05) is 54.1 Å². The van der Waals surface area contributed by atoms with E-state index in [1.807, 2.05) is 32.0 Å². The fraction of sp³-hybridized carbons (Fsp3) is 0.310. The molecule has 33 heavy (non-hydrogen) atoms. The van der Waals surface area contributed by atoms with Crippen LogP contribution in [0.5, 0.6) is 0 Å². The van der Waals surface area contributed by atoms with Crippen molar-refractivity contribution in [2.45, 2.75) is 52.1 Å². The Hall–Kier alpha value is -2.67. The van der Waals surface area contributed by atoms with Crippen LogP contribution in [-0.2, 0) is 6.42 Å². The molecule has 0 aromatic heterocycles. The summed E-state index contributed by atoms with van der Waals surface area (Å²) in [7, 11) is 0. The van der Waals surface area contributed by atoms with Crippen LogP contribution in [0.15, 0.2) is 72.8 Å². The first-order valence-corrected chi connectivity index (χ1v) is 12.3. The summed E-state index contributed by atoms with van der Waals surface area (Å²) in [6.07, 6.45) is 0.841. The normalized spacial score (nSPS) is 14.0. The van der Waals surface area contributed by atoms with Gasteiger partial charge < -0.3 is 5.32 Å². The van der Waals surface area contributed by atoms with Crippen LogP contribution in [0, 0.1) is 38.6 Å². The van der Waals surface area contributed by atoms with E-state index in [1.54, 1.807) is 0 Å². The second-order valence-corrected chi connectivity index (χ2v) is 10.6. The summed E-state index contributed by atoms with van der Waals surface area (Å²) in [6.45, 7) is 8.25. The van der Waals surface area contributed by atoms with Gasteiger partial charge in [0.15, 0.2) is 0 Å². The van der Waals surface area contributed by atoms with Crippen LogP contribution in [0.2, 0.25) is 0 Å². The predicted octanol–water partition coefficient (Wildman–Crippen LogP) is 7.07. The number of nitrogens with zero attached hydrogens (tertiary/aromatic N) is 2. The molecule has 0 fully saturated rings. The van der Waals surface area contributed by atoms with Crippen molar-refractivity contribution in [3.8, 4) is 12.1 Å². The predicted molar refractivity (Wildman–Crippen MR) is 143 cm³/mol. The molecule has 0 bridgehead atoms. The third-order valence-electron chi connectivity index (χ3n) is 6.23. The highest BCUT2D eigenvalue weighted by Crippen LogP contribution is 2.36. The molecule has 1 N–H and O–H groups in total. The fourth-order valence-corrected chi connectivity index (χ4v) is 4.67. The number of hydrogen-bond acceptors (Lipinski definition) is 3. The molecular weight excluding hydrogens is 517 g/mol. The molecule has 0 saturated carbocycles. The molecule has 0 aliphatic rings. The average Bonchev–Trinajstić information content (AvgIpc) is 2.81. The number of hydrogen-bond donors (Lipinski definition) is 1. The highest BCUT2D eigenvalue weighted by molar-refractivity contribution is 14.1. The molecule has 3 rings (SSSR count). The van der Waals surface area contributed by atoms with Gasteiger partial charge in [0.2, 0.25) is 0 Å². The van der Waals surface area contributed by atoms with Crippen LogP contribution < -0.4 is 5.32 Å². The molecule has 0 aliphatic carbocycles. The van der Waals surface area contributed by atoms with Crippen LogP contribution >= 0.6 is 22.6 Å². The van der Waals surface area contributed by atoms with Crippen LogP contribution in [-0.4, -0.2) is 6.04 Å². The van der Waals surface area contributed by atoms with Crippen LogP contribution in [0.4, 0.5) is 0 Å². The lowest BCUT2D eigenvalue weighted by Crippen LogP contribution is -2.42. The van der Waals surface area contributed by atoms with E-state index in [1.165, 1.54) is 14.7 Å². The minimum Gasteiger partial charge on any atom is -0.305 e. The van der Waals surface area contributed by atoms with Crippen molar-refractivity contribution in [1.82, 2.24) is 5.32 Å². The maximum atomic E-state index is 9.97. The van der Waals surface area contributed by atoms with Crippen molar-refractivity contribution < 1.29 is 0 Å². The van der Waals surface area contributed by atoms with Gasteiger partial charge in [-0.05, 0) is 97.7 Å². The van der Waals surface area contributed by atoms with Crippen molar-refractivity contribution >= 4 is 22.6 Å². The molecule has 0 heterocycles. The monoisotopic (exact) mass is 547 g/mol. The van der Waals surface area contributed by atoms with Gasteiger partial charge in [0.1, 0.15) is 0 Å². The van der Waals surface area contributed by atoms with E-state index in [9.17, 15) is 10.5 Å². The minimum absolute atomic E-state index is 0.0661. The van der Waals surface area contributed by atoms with Gasteiger partial charge in [-0.2, -0.15) is 10.5 Å². The van der Waals surface area contributed by atoms with Gasteiger partial charge in [-0.25, -0.2) is 0 Å². The topological polar surface area (TPSA) is 59.6 Å². The maximum Gasteiger partial charge on any atom is 0.0991 e. The zero-order chi connectivity index (χ0) is 24.0. The lowest BCUT2D eigenvalue weighted by molar-refractivity contribution is 0.281. The third kappa shape index (κ3) is 6.44. The first kappa shape index (κ1) is 25.0. The van der Waals surface area contributed by atoms with Gasteiger partial charge in [0.25, 0.3) is 0 Å². The number of rotatable bonds is 8. The van der Waals surface area contributed by atoms with Gasteiger partial charge in [-0.15, -0.1) is 0 Å². The highest BCUT2D eigenvalue weighted by Gasteiger charge is 2.34. The number of nitrogens with one attached hydrogen (secondary N) is 1. The first-order valence-electron chi connectivity index (χ1n) is 11.2. The molecule has 3 nitrogen and oxygen atoms in total. The van der Waals surface area contributed by atoms with Crippen molar-refractivity contribution in [1.29, 1.82) is 10.5 Å². The molecule has 0 amide bonds. The van der Waals surface area contributed by atoms with Gasteiger partial charge in [0, 0.05) is 15.5 Å². The summed E-state index contributed by atoms with van der Waals surface area (Å²) in [5.41, 5.74) is 4.75. The minimum atomic E-state index is -0.593. The largest absolute Gasteiger partial charge is 0.305 e. The van der Waals surface area contributed by atoms with E-state index >= 15 is 0 Å². The Morgan fingerprint density at radius 3 is 2.24 bits per heavy atom. The van der Waals surface area contributed by atoms with Crippen molar-refractivity contribution in [2.75, 3.05) is 0 Å². The molecule has 0 saturated heterocycles. The van der Waals surface area contributed by atoms with E-state index in [0.29, 0.717) is 5.56 Å². The Balaban J connectivity index is 1.99. The molecule has 1 unspecified atom stereocenters. The Labute approximate surface area is 211 Å². The molecule has 4 heteroatoms. The molecule has 3 aromatic rings. The van der Waals surface area contributed by atoms with Crippen molar-refractivity contribution in [2.24, 2.45) is 5.41 Å². The van der Waals surface area contributed by atoms with Crippen LogP contribution in [0.25, 0.3) is 0 Å².